The lowest BCUT2D eigenvalue weighted by molar-refractivity contribution is -0.116. The molecule has 0 spiro atoms. The van der Waals surface area contributed by atoms with Gasteiger partial charge in [-0.15, -0.1) is 5.10 Å². The Hall–Kier alpha value is -4.54. The molecule has 176 valence electrons. The number of nitrogens with zero attached hydrogens (tertiary/aromatic N) is 6. The van der Waals surface area contributed by atoms with E-state index in [0.717, 1.165) is 34.7 Å². The van der Waals surface area contributed by atoms with Crippen LogP contribution in [-0.2, 0) is 4.79 Å². The number of hydrogen-bond acceptors (Lipinski definition) is 9. The van der Waals surface area contributed by atoms with Crippen LogP contribution >= 0.6 is 0 Å². The Morgan fingerprint density at radius 1 is 1.20 bits per heavy atom. The average molecular weight is 470 g/mol. The summed E-state index contributed by atoms with van der Waals surface area (Å²) in [5, 5.41) is 16.4. The Kier molecular flexibility index (Phi) is 5.21. The van der Waals surface area contributed by atoms with E-state index in [2.05, 4.69) is 35.8 Å². The molecule has 0 radical (unpaired) electrons. The molecule has 5 aromatic rings. The van der Waals surface area contributed by atoms with Crippen molar-refractivity contribution in [3.63, 3.8) is 0 Å². The van der Waals surface area contributed by atoms with E-state index in [1.165, 1.54) is 0 Å². The monoisotopic (exact) mass is 470 g/mol. The zero-order chi connectivity index (χ0) is 23.8. The number of aromatic nitrogens is 6. The summed E-state index contributed by atoms with van der Waals surface area (Å²) in [6, 6.07) is 9.58. The van der Waals surface area contributed by atoms with E-state index in [1.807, 2.05) is 24.3 Å². The molecule has 0 aliphatic heterocycles. The predicted octanol–water partition coefficient (Wildman–Crippen LogP) is 3.62. The van der Waals surface area contributed by atoms with Crippen molar-refractivity contribution in [3.05, 3.63) is 54.8 Å². The molecule has 0 saturated heterocycles. The number of ether oxygens (including phenoxy) is 1. The zero-order valence-corrected chi connectivity index (χ0v) is 18.9. The van der Waals surface area contributed by atoms with Gasteiger partial charge in [0.15, 0.2) is 5.82 Å². The third-order valence-electron chi connectivity index (χ3n) is 5.62. The molecule has 1 aromatic carbocycles. The van der Waals surface area contributed by atoms with Gasteiger partial charge in [0.25, 0.3) is 0 Å². The molecule has 1 amide bonds. The van der Waals surface area contributed by atoms with Crippen LogP contribution in [0.4, 0.5) is 11.6 Å². The van der Waals surface area contributed by atoms with Crippen LogP contribution in [0.1, 0.15) is 25.2 Å². The largest absolute Gasteiger partial charge is 0.473 e. The Morgan fingerprint density at radius 2 is 2.11 bits per heavy atom. The number of benzene rings is 1. The smallest absolute Gasteiger partial charge is 0.240 e. The van der Waals surface area contributed by atoms with Crippen molar-refractivity contribution in [1.82, 2.24) is 29.7 Å². The number of carbonyl (C=O) groups is 1. The molecule has 6 rings (SSSR count). The second-order valence-electron chi connectivity index (χ2n) is 8.37. The van der Waals surface area contributed by atoms with Gasteiger partial charge in [0, 0.05) is 55.5 Å². The molecular formula is C24H22N8O3. The summed E-state index contributed by atoms with van der Waals surface area (Å²) in [5.41, 5.74) is 1.55. The molecule has 1 aliphatic rings. The van der Waals surface area contributed by atoms with Gasteiger partial charge in [-0.2, -0.15) is 4.98 Å². The van der Waals surface area contributed by atoms with Crippen LogP contribution in [0, 0.1) is 6.92 Å². The van der Waals surface area contributed by atoms with E-state index in [9.17, 15) is 4.79 Å². The Bertz CT molecular complexity index is 1540. The highest BCUT2D eigenvalue weighted by atomic mass is 16.5. The summed E-state index contributed by atoms with van der Waals surface area (Å²) in [5.74, 6) is 2.52. The van der Waals surface area contributed by atoms with Crippen molar-refractivity contribution >= 4 is 33.8 Å². The number of rotatable bonds is 8. The van der Waals surface area contributed by atoms with E-state index in [1.54, 1.807) is 36.1 Å². The molecular weight excluding hydrogens is 448 g/mol. The van der Waals surface area contributed by atoms with Crippen LogP contribution in [-0.4, -0.2) is 48.3 Å². The molecule has 4 heterocycles. The van der Waals surface area contributed by atoms with Gasteiger partial charge in [0.1, 0.15) is 17.4 Å². The van der Waals surface area contributed by atoms with Crippen molar-refractivity contribution in [2.24, 2.45) is 0 Å². The first kappa shape index (κ1) is 21.0. The fourth-order valence-corrected chi connectivity index (χ4v) is 3.76. The summed E-state index contributed by atoms with van der Waals surface area (Å²) < 4.78 is 12.6. The zero-order valence-electron chi connectivity index (χ0n) is 18.9. The Labute approximate surface area is 199 Å². The van der Waals surface area contributed by atoms with Gasteiger partial charge in [-0.3, -0.25) is 4.79 Å². The second-order valence-corrected chi connectivity index (χ2v) is 8.37. The summed E-state index contributed by atoms with van der Waals surface area (Å²) in [6.45, 7) is 2.15. The van der Waals surface area contributed by atoms with Gasteiger partial charge < -0.3 is 19.9 Å². The van der Waals surface area contributed by atoms with Gasteiger partial charge in [0.2, 0.25) is 23.5 Å². The van der Waals surface area contributed by atoms with Gasteiger partial charge >= 0.3 is 0 Å². The molecule has 4 aromatic heterocycles. The first-order chi connectivity index (χ1) is 17.1. The number of fused-ring (bicyclic) bond motifs is 2. The molecule has 1 aliphatic carbocycles. The number of anilines is 2. The minimum absolute atomic E-state index is 0.165. The second kappa shape index (κ2) is 8.67. The Morgan fingerprint density at radius 3 is 2.94 bits per heavy atom. The maximum absolute atomic E-state index is 12.6. The third kappa shape index (κ3) is 4.47. The van der Waals surface area contributed by atoms with Crippen molar-refractivity contribution in [2.75, 3.05) is 17.2 Å². The van der Waals surface area contributed by atoms with E-state index < -0.39 is 0 Å². The lowest BCUT2D eigenvalue weighted by atomic mass is 10.1. The maximum Gasteiger partial charge on any atom is 0.240 e. The molecule has 35 heavy (non-hydrogen) atoms. The van der Waals surface area contributed by atoms with Crippen LogP contribution in [0.3, 0.4) is 0 Å². The topological polar surface area (TPSA) is 132 Å². The quantitative estimate of drug-likeness (QED) is 0.349. The molecule has 1 fully saturated rings. The molecule has 11 nitrogen and oxygen atoms in total. The molecule has 11 heteroatoms. The van der Waals surface area contributed by atoms with Crippen LogP contribution in [0.5, 0.6) is 5.88 Å². The highest BCUT2D eigenvalue weighted by Crippen LogP contribution is 2.29. The van der Waals surface area contributed by atoms with Crippen LogP contribution in [0.25, 0.3) is 27.7 Å². The summed E-state index contributed by atoms with van der Waals surface area (Å²) >= 11 is 0. The SMILES string of the molecule is Cc1nc(-c2ccc3ccnc(NCCC(=O)Nc4cc5c(OC6CC6)nccn5n4)c3c2)no1. The van der Waals surface area contributed by atoms with E-state index in [4.69, 9.17) is 9.26 Å². The molecule has 0 unspecified atom stereocenters. The summed E-state index contributed by atoms with van der Waals surface area (Å²) in [6.07, 6.45) is 7.63. The van der Waals surface area contributed by atoms with Crippen LogP contribution in [0.15, 0.2) is 53.4 Å². The van der Waals surface area contributed by atoms with E-state index in [-0.39, 0.29) is 18.4 Å². The Balaban J connectivity index is 1.12. The highest BCUT2D eigenvalue weighted by molar-refractivity contribution is 5.95. The molecule has 1 saturated carbocycles. The van der Waals surface area contributed by atoms with Gasteiger partial charge in [-0.1, -0.05) is 17.3 Å². The van der Waals surface area contributed by atoms with Gasteiger partial charge in [-0.05, 0) is 30.4 Å². The lowest BCUT2D eigenvalue weighted by Gasteiger charge is -2.09. The minimum Gasteiger partial charge on any atom is -0.473 e. The summed E-state index contributed by atoms with van der Waals surface area (Å²) in [4.78, 5) is 25.6. The number of amides is 1. The van der Waals surface area contributed by atoms with Crippen LogP contribution < -0.4 is 15.4 Å². The first-order valence-electron chi connectivity index (χ1n) is 11.4. The van der Waals surface area contributed by atoms with E-state index >= 15 is 0 Å². The summed E-state index contributed by atoms with van der Waals surface area (Å²) in [7, 11) is 0. The fraction of sp³-hybridized carbons (Fsp3) is 0.250. The van der Waals surface area contributed by atoms with Crippen molar-refractivity contribution in [2.45, 2.75) is 32.3 Å². The van der Waals surface area contributed by atoms with Crippen LogP contribution in [0.2, 0.25) is 0 Å². The molecule has 0 bridgehead atoms. The molecule has 2 N–H and O–H groups in total. The van der Waals surface area contributed by atoms with E-state index in [0.29, 0.717) is 35.8 Å². The fourth-order valence-electron chi connectivity index (χ4n) is 3.76. The maximum atomic E-state index is 12.6. The first-order valence-corrected chi connectivity index (χ1v) is 11.4. The van der Waals surface area contributed by atoms with Gasteiger partial charge in [-0.25, -0.2) is 14.5 Å². The number of carbonyl (C=O) groups excluding carboxylic acids is 1. The minimum atomic E-state index is -0.165. The number of nitrogens with one attached hydrogen (secondary N) is 2. The highest BCUT2D eigenvalue weighted by Gasteiger charge is 2.25. The number of aryl methyl sites for hydroxylation is 1. The number of pyridine rings is 1. The van der Waals surface area contributed by atoms with Crippen molar-refractivity contribution < 1.29 is 14.1 Å². The van der Waals surface area contributed by atoms with Crippen molar-refractivity contribution in [1.29, 1.82) is 0 Å². The number of hydrogen-bond donors (Lipinski definition) is 2. The normalized spacial score (nSPS) is 13.3. The average Bonchev–Trinajstić information content (AvgIpc) is 3.40. The molecule has 0 atom stereocenters. The standard InChI is InChI=1S/C24H22N8O3/c1-14-28-22(31-35-14)16-3-2-15-6-8-25-23(18(15)12-16)26-9-7-21(33)29-20-13-19-24(34-17-4-5-17)27-10-11-32(19)30-20/h2-3,6,8,10-13,17H,4-5,7,9H2,1H3,(H,25,26)(H,29,30,33). The predicted molar refractivity (Wildman–Crippen MR) is 128 cm³/mol. The van der Waals surface area contributed by atoms with Gasteiger partial charge in [0.05, 0.1) is 0 Å². The lowest BCUT2D eigenvalue weighted by Crippen LogP contribution is -2.17. The van der Waals surface area contributed by atoms with Crippen molar-refractivity contribution in [3.8, 4) is 17.3 Å². The third-order valence-corrected chi connectivity index (χ3v) is 5.62.